The van der Waals surface area contributed by atoms with E-state index >= 15 is 0 Å². The zero-order valence-corrected chi connectivity index (χ0v) is 13.6. The lowest BCUT2D eigenvalue weighted by atomic mass is 10.2. The largest absolute Gasteiger partial charge is 0.453 e. The van der Waals surface area contributed by atoms with Crippen molar-refractivity contribution in [2.24, 2.45) is 0 Å². The van der Waals surface area contributed by atoms with Gasteiger partial charge in [0.1, 0.15) is 0 Å². The van der Waals surface area contributed by atoms with Crippen LogP contribution < -0.4 is 10.6 Å². The molecule has 0 saturated heterocycles. The molecule has 0 unspecified atom stereocenters. The van der Waals surface area contributed by atoms with Crippen LogP contribution in [0.1, 0.15) is 16.1 Å². The van der Waals surface area contributed by atoms with Gasteiger partial charge in [0, 0.05) is 11.8 Å². The molecule has 0 aliphatic rings. The fraction of sp³-hybridized carbons (Fsp3) is 0.133. The number of halogens is 2. The molecule has 6 nitrogen and oxygen atoms in total. The minimum atomic E-state index is -0.579. The molecule has 2 N–H and O–H groups in total. The maximum Gasteiger partial charge on any atom is 0.407 e. The van der Waals surface area contributed by atoms with E-state index in [1.165, 1.54) is 13.3 Å². The normalized spacial score (nSPS) is 10.0. The molecule has 2 rings (SSSR count). The molecular formula is C15H13Cl2N3O3. The van der Waals surface area contributed by atoms with E-state index in [-0.39, 0.29) is 12.5 Å². The van der Waals surface area contributed by atoms with Crippen LogP contribution in [0.3, 0.4) is 0 Å². The van der Waals surface area contributed by atoms with Crippen LogP contribution in [0.5, 0.6) is 0 Å². The molecule has 0 bridgehead atoms. The van der Waals surface area contributed by atoms with E-state index in [0.717, 1.165) is 0 Å². The Balaban J connectivity index is 2.12. The fourth-order valence-corrected chi connectivity index (χ4v) is 2.25. The summed E-state index contributed by atoms with van der Waals surface area (Å²) in [5.41, 5.74) is 1.21. The van der Waals surface area contributed by atoms with Crippen molar-refractivity contribution >= 4 is 40.9 Å². The van der Waals surface area contributed by atoms with Gasteiger partial charge in [-0.05, 0) is 24.3 Å². The summed E-state index contributed by atoms with van der Waals surface area (Å²) in [6, 6.07) is 8.03. The number of nitrogens with zero attached hydrogens (tertiary/aromatic N) is 1. The number of ether oxygens (including phenoxy) is 1. The van der Waals surface area contributed by atoms with Crippen molar-refractivity contribution in [3.05, 3.63) is 57.8 Å². The minimum Gasteiger partial charge on any atom is -0.453 e. The van der Waals surface area contributed by atoms with Crippen molar-refractivity contribution in [3.63, 3.8) is 0 Å². The Morgan fingerprint density at radius 2 is 1.91 bits per heavy atom. The quantitative estimate of drug-likeness (QED) is 0.881. The van der Waals surface area contributed by atoms with Gasteiger partial charge in [-0.15, -0.1) is 0 Å². The zero-order chi connectivity index (χ0) is 16.8. The Morgan fingerprint density at radius 3 is 2.57 bits per heavy atom. The SMILES string of the molecule is COC(=O)NCc1cc(C(=O)Nc2c(Cl)cccc2Cl)ccn1. The highest BCUT2D eigenvalue weighted by atomic mass is 35.5. The monoisotopic (exact) mass is 353 g/mol. The first-order chi connectivity index (χ1) is 11.0. The van der Waals surface area contributed by atoms with E-state index < -0.39 is 6.09 Å². The number of amides is 2. The number of carbonyl (C=O) groups excluding carboxylic acids is 2. The first kappa shape index (κ1) is 17.1. The number of anilines is 1. The zero-order valence-electron chi connectivity index (χ0n) is 12.1. The third kappa shape index (κ3) is 4.58. The molecule has 8 heteroatoms. The molecule has 120 valence electrons. The number of hydrogen-bond acceptors (Lipinski definition) is 4. The maximum absolute atomic E-state index is 12.3. The number of nitrogens with one attached hydrogen (secondary N) is 2. The van der Waals surface area contributed by atoms with E-state index in [2.05, 4.69) is 20.4 Å². The summed E-state index contributed by atoms with van der Waals surface area (Å²) in [5.74, 6) is -0.387. The highest BCUT2D eigenvalue weighted by molar-refractivity contribution is 6.40. The number of pyridine rings is 1. The molecule has 1 heterocycles. The van der Waals surface area contributed by atoms with Gasteiger partial charge in [-0.3, -0.25) is 9.78 Å². The second-order valence-electron chi connectivity index (χ2n) is 4.43. The molecule has 0 saturated carbocycles. The van der Waals surface area contributed by atoms with Crippen LogP contribution in [0.25, 0.3) is 0 Å². The summed E-state index contributed by atoms with van der Waals surface area (Å²) in [6.45, 7) is 0.140. The van der Waals surface area contributed by atoms with E-state index in [1.807, 2.05) is 0 Å². The Kier molecular flexibility index (Phi) is 5.78. The number of methoxy groups -OCH3 is 1. The van der Waals surface area contributed by atoms with Gasteiger partial charge in [0.05, 0.1) is 35.1 Å². The van der Waals surface area contributed by atoms with E-state index in [0.29, 0.717) is 27.0 Å². The smallest absolute Gasteiger partial charge is 0.407 e. The average Bonchev–Trinajstić information content (AvgIpc) is 2.56. The van der Waals surface area contributed by atoms with Gasteiger partial charge in [0.2, 0.25) is 0 Å². The van der Waals surface area contributed by atoms with Crippen molar-refractivity contribution in [2.75, 3.05) is 12.4 Å². The number of para-hydroxylation sites is 1. The Labute approximate surface area is 142 Å². The van der Waals surface area contributed by atoms with E-state index in [9.17, 15) is 9.59 Å². The van der Waals surface area contributed by atoms with Crippen LogP contribution in [-0.4, -0.2) is 24.1 Å². The minimum absolute atomic E-state index is 0.140. The molecule has 2 amide bonds. The van der Waals surface area contributed by atoms with Crippen LogP contribution in [0, 0.1) is 0 Å². The Bertz CT molecular complexity index is 717. The lowest BCUT2D eigenvalue weighted by molar-refractivity contribution is 0.102. The second kappa shape index (κ2) is 7.80. The molecule has 0 atom stereocenters. The molecule has 1 aromatic carbocycles. The molecular weight excluding hydrogens is 341 g/mol. The molecule has 1 aromatic heterocycles. The van der Waals surface area contributed by atoms with Crippen molar-refractivity contribution in [1.82, 2.24) is 10.3 Å². The van der Waals surface area contributed by atoms with E-state index in [4.69, 9.17) is 23.2 Å². The van der Waals surface area contributed by atoms with Crippen molar-refractivity contribution in [3.8, 4) is 0 Å². The van der Waals surface area contributed by atoms with Crippen molar-refractivity contribution in [2.45, 2.75) is 6.54 Å². The number of hydrogen-bond donors (Lipinski definition) is 2. The molecule has 2 aromatic rings. The topological polar surface area (TPSA) is 80.3 Å². The molecule has 0 aliphatic heterocycles. The molecule has 0 fully saturated rings. The van der Waals surface area contributed by atoms with E-state index in [1.54, 1.807) is 30.3 Å². The highest BCUT2D eigenvalue weighted by Gasteiger charge is 2.12. The summed E-state index contributed by atoms with van der Waals surface area (Å²) in [4.78, 5) is 27.4. The fourth-order valence-electron chi connectivity index (χ4n) is 1.75. The summed E-state index contributed by atoms with van der Waals surface area (Å²) in [5, 5.41) is 5.82. The molecule has 0 aliphatic carbocycles. The number of carbonyl (C=O) groups is 2. The lowest BCUT2D eigenvalue weighted by Gasteiger charge is -2.10. The standard InChI is InChI=1S/C15H13Cl2N3O3/c1-23-15(22)19-8-10-7-9(5-6-18-10)14(21)20-13-11(16)3-2-4-12(13)17/h2-7H,8H2,1H3,(H,19,22)(H,20,21). The van der Waals surface area contributed by atoms with Gasteiger partial charge in [0.15, 0.2) is 0 Å². The molecule has 0 spiro atoms. The van der Waals surface area contributed by atoms with Crippen LogP contribution in [0.2, 0.25) is 10.0 Å². The van der Waals surface area contributed by atoms with Crippen LogP contribution in [-0.2, 0) is 11.3 Å². The first-order valence-electron chi connectivity index (χ1n) is 6.53. The van der Waals surface area contributed by atoms with Gasteiger partial charge in [-0.25, -0.2) is 4.79 Å². The number of rotatable bonds is 4. The van der Waals surface area contributed by atoms with Crippen LogP contribution in [0.15, 0.2) is 36.5 Å². The third-order valence-electron chi connectivity index (χ3n) is 2.88. The predicted molar refractivity (Wildman–Crippen MR) is 87.9 cm³/mol. The van der Waals surface area contributed by atoms with Crippen LogP contribution >= 0.6 is 23.2 Å². The summed E-state index contributed by atoms with van der Waals surface area (Å²) < 4.78 is 4.47. The predicted octanol–water partition coefficient (Wildman–Crippen LogP) is 3.50. The lowest BCUT2D eigenvalue weighted by Crippen LogP contribution is -2.23. The highest BCUT2D eigenvalue weighted by Crippen LogP contribution is 2.30. The van der Waals surface area contributed by atoms with Crippen LogP contribution in [0.4, 0.5) is 10.5 Å². The summed E-state index contributed by atoms with van der Waals surface area (Å²) in [7, 11) is 1.26. The van der Waals surface area contributed by atoms with Gasteiger partial charge < -0.3 is 15.4 Å². The van der Waals surface area contributed by atoms with Gasteiger partial charge in [-0.1, -0.05) is 29.3 Å². The van der Waals surface area contributed by atoms with Crippen molar-refractivity contribution in [1.29, 1.82) is 0 Å². The third-order valence-corrected chi connectivity index (χ3v) is 3.51. The summed E-state index contributed by atoms with van der Waals surface area (Å²) >= 11 is 12.0. The van der Waals surface area contributed by atoms with Gasteiger partial charge in [0.25, 0.3) is 5.91 Å². The average molecular weight is 354 g/mol. The molecule has 23 heavy (non-hydrogen) atoms. The van der Waals surface area contributed by atoms with Gasteiger partial charge >= 0.3 is 6.09 Å². The summed E-state index contributed by atoms with van der Waals surface area (Å²) in [6.07, 6.45) is 0.890. The number of alkyl carbamates (subject to hydrolysis) is 1. The number of benzene rings is 1. The Morgan fingerprint density at radius 1 is 1.22 bits per heavy atom. The van der Waals surface area contributed by atoms with Crippen molar-refractivity contribution < 1.29 is 14.3 Å². The van der Waals surface area contributed by atoms with Gasteiger partial charge in [-0.2, -0.15) is 0 Å². The second-order valence-corrected chi connectivity index (χ2v) is 5.25. The molecule has 0 radical (unpaired) electrons. The Hall–Kier alpha value is -2.31. The number of aromatic nitrogens is 1. The first-order valence-corrected chi connectivity index (χ1v) is 7.29. The maximum atomic E-state index is 12.3.